The normalized spacial score (nSPS) is 15.2. The number of carbonyl (C=O) groups is 2. The van der Waals surface area contributed by atoms with Crippen LogP contribution in [0.5, 0.6) is 0 Å². The summed E-state index contributed by atoms with van der Waals surface area (Å²) in [6.07, 6.45) is 16.5. The van der Waals surface area contributed by atoms with Gasteiger partial charge in [-0.3, -0.25) is 4.79 Å². The summed E-state index contributed by atoms with van der Waals surface area (Å²) in [6.45, 7) is 0. The van der Waals surface area contributed by atoms with Crippen LogP contribution in [0.3, 0.4) is 0 Å². The second-order valence-electron chi connectivity index (χ2n) is 3.64. The lowest BCUT2D eigenvalue weighted by atomic mass is 10.3. The fraction of sp³-hybridized carbons (Fsp3) is 0.286. The van der Waals surface area contributed by atoms with Gasteiger partial charge in [0, 0.05) is 0 Å². The second kappa shape index (κ2) is 11.0. The fourth-order valence-electron chi connectivity index (χ4n) is 1.04. The Labute approximate surface area is 111 Å². The van der Waals surface area contributed by atoms with Crippen molar-refractivity contribution < 1.29 is 24.9 Å². The maximum atomic E-state index is 9.72. The molecule has 2 aliphatic carbocycles. The smallest absolute Gasteiger partial charge is 0.333 e. The van der Waals surface area contributed by atoms with Crippen LogP contribution in [0.25, 0.3) is 0 Å². The van der Waals surface area contributed by atoms with E-state index in [1.165, 1.54) is 0 Å². The molecular formula is C14H18O5. The first kappa shape index (κ1) is 16.9. The predicted molar refractivity (Wildman–Crippen MR) is 71.7 cm³/mol. The molecule has 0 saturated carbocycles. The van der Waals surface area contributed by atoms with E-state index in [0.717, 1.165) is 12.8 Å². The molecule has 0 aliphatic heterocycles. The molecule has 2 aliphatic rings. The number of aliphatic carboxylic acids is 2. The number of hydrogen-bond donors (Lipinski definition) is 3. The third kappa shape index (κ3) is 12.1. The molecule has 0 aromatic heterocycles. The lowest BCUT2D eigenvalue weighted by molar-refractivity contribution is -0.152. The molecule has 0 fully saturated rings. The Morgan fingerprint density at radius 1 is 0.895 bits per heavy atom. The van der Waals surface area contributed by atoms with Crippen molar-refractivity contribution in [1.29, 1.82) is 0 Å². The van der Waals surface area contributed by atoms with Crippen LogP contribution >= 0.6 is 0 Å². The minimum atomic E-state index is -1.79. The highest BCUT2D eigenvalue weighted by molar-refractivity contribution is 5.79. The average molecular weight is 266 g/mol. The van der Waals surface area contributed by atoms with Crippen molar-refractivity contribution in [2.75, 3.05) is 0 Å². The van der Waals surface area contributed by atoms with Crippen LogP contribution in [0.1, 0.15) is 19.3 Å². The number of carboxylic acids is 2. The number of carboxylic acid groups (broad SMARTS) is 2. The van der Waals surface area contributed by atoms with Crippen LogP contribution in [-0.4, -0.2) is 33.4 Å². The van der Waals surface area contributed by atoms with Gasteiger partial charge in [-0.05, 0) is 12.8 Å². The summed E-state index contributed by atoms with van der Waals surface area (Å²) in [7, 11) is 0. The molecule has 0 spiro atoms. The van der Waals surface area contributed by atoms with Gasteiger partial charge in [-0.15, -0.1) is 0 Å². The molecule has 2 rings (SSSR count). The Morgan fingerprint density at radius 3 is 1.37 bits per heavy atom. The Balaban J connectivity index is 0.000000273. The zero-order valence-corrected chi connectivity index (χ0v) is 10.5. The summed E-state index contributed by atoms with van der Waals surface area (Å²) in [4.78, 5) is 19.4. The van der Waals surface area contributed by atoms with Gasteiger partial charge in [0.05, 0.1) is 6.42 Å². The van der Waals surface area contributed by atoms with E-state index in [9.17, 15) is 9.59 Å². The van der Waals surface area contributed by atoms with Crippen LogP contribution in [0.15, 0.2) is 48.6 Å². The van der Waals surface area contributed by atoms with Gasteiger partial charge in [-0.1, -0.05) is 48.6 Å². The first-order valence-electron chi connectivity index (χ1n) is 5.80. The summed E-state index contributed by atoms with van der Waals surface area (Å²) in [5.41, 5.74) is 0. The van der Waals surface area contributed by atoms with E-state index in [2.05, 4.69) is 48.6 Å². The summed E-state index contributed by atoms with van der Waals surface area (Å²) in [5.74, 6) is -2.85. The fourth-order valence-corrected chi connectivity index (χ4v) is 1.04. The highest BCUT2D eigenvalue weighted by Gasteiger charge is 2.16. The third-order valence-corrected chi connectivity index (χ3v) is 1.96. The molecule has 0 bridgehead atoms. The Kier molecular flexibility index (Phi) is 9.74. The van der Waals surface area contributed by atoms with Gasteiger partial charge in [0.15, 0.2) is 6.10 Å². The van der Waals surface area contributed by atoms with E-state index in [1.54, 1.807) is 0 Å². The van der Waals surface area contributed by atoms with Crippen molar-refractivity contribution in [1.82, 2.24) is 0 Å². The van der Waals surface area contributed by atoms with Gasteiger partial charge in [0.2, 0.25) is 0 Å². The Morgan fingerprint density at radius 2 is 1.26 bits per heavy atom. The molecule has 0 heterocycles. The van der Waals surface area contributed by atoms with Crippen molar-refractivity contribution in [2.45, 2.75) is 25.4 Å². The molecule has 19 heavy (non-hydrogen) atoms. The number of hydrogen-bond acceptors (Lipinski definition) is 3. The molecule has 3 N–H and O–H groups in total. The van der Waals surface area contributed by atoms with E-state index in [0.29, 0.717) is 0 Å². The zero-order chi connectivity index (χ0) is 14.5. The van der Waals surface area contributed by atoms with Crippen molar-refractivity contribution in [3.8, 4) is 0 Å². The van der Waals surface area contributed by atoms with Crippen molar-refractivity contribution in [3.63, 3.8) is 0 Å². The van der Waals surface area contributed by atoms with E-state index >= 15 is 0 Å². The molecule has 0 amide bonds. The molecule has 0 radical (unpaired) electrons. The monoisotopic (exact) mass is 266 g/mol. The maximum Gasteiger partial charge on any atom is 0.333 e. The van der Waals surface area contributed by atoms with Crippen LogP contribution < -0.4 is 0 Å². The van der Waals surface area contributed by atoms with Gasteiger partial charge >= 0.3 is 11.9 Å². The Bertz CT molecular complexity index is 349. The number of aliphatic hydroxyl groups is 1. The van der Waals surface area contributed by atoms with Gasteiger partial charge in [0.25, 0.3) is 0 Å². The van der Waals surface area contributed by atoms with Gasteiger partial charge in [-0.2, -0.15) is 0 Å². The first-order chi connectivity index (χ1) is 9.04. The van der Waals surface area contributed by atoms with Gasteiger partial charge in [-0.25, -0.2) is 4.79 Å². The predicted octanol–water partition coefficient (Wildman–Crippen LogP) is 1.91. The second-order valence-corrected chi connectivity index (χ2v) is 3.64. The van der Waals surface area contributed by atoms with Crippen LogP contribution in [0, 0.1) is 0 Å². The van der Waals surface area contributed by atoms with E-state index < -0.39 is 24.5 Å². The lowest BCUT2D eigenvalue weighted by Gasteiger charge is -1.97. The molecular weight excluding hydrogens is 248 g/mol. The van der Waals surface area contributed by atoms with E-state index in [1.807, 2.05) is 0 Å². The minimum absolute atomic E-state index is 0.755. The van der Waals surface area contributed by atoms with Crippen molar-refractivity contribution >= 4 is 11.9 Å². The zero-order valence-electron chi connectivity index (χ0n) is 10.5. The largest absolute Gasteiger partial charge is 0.481 e. The third-order valence-electron chi connectivity index (χ3n) is 1.96. The van der Waals surface area contributed by atoms with Crippen molar-refractivity contribution in [3.05, 3.63) is 48.6 Å². The standard InChI is InChI=1S/2C5H6.C4H6O5/c2*1-2-4-5-3-1;5-2(4(8)9)1-3(6)7/h2*1-4H,5H2;2,5H,1H2,(H,6,7)(H,8,9). The lowest BCUT2D eigenvalue weighted by Crippen LogP contribution is -2.22. The summed E-state index contributed by atoms with van der Waals surface area (Å²) in [5, 5.41) is 24.1. The molecule has 5 heteroatoms. The number of aliphatic hydroxyl groups excluding tert-OH is 1. The summed E-state index contributed by atoms with van der Waals surface area (Å²) in [6, 6.07) is 0. The molecule has 5 nitrogen and oxygen atoms in total. The molecule has 0 saturated heterocycles. The Hall–Kier alpha value is -2.14. The van der Waals surface area contributed by atoms with Crippen molar-refractivity contribution in [2.24, 2.45) is 0 Å². The van der Waals surface area contributed by atoms with Crippen LogP contribution in [0.4, 0.5) is 0 Å². The van der Waals surface area contributed by atoms with Gasteiger partial charge < -0.3 is 15.3 Å². The minimum Gasteiger partial charge on any atom is -0.481 e. The molecule has 0 aromatic carbocycles. The molecule has 1 unspecified atom stereocenters. The highest BCUT2D eigenvalue weighted by atomic mass is 16.4. The van der Waals surface area contributed by atoms with E-state index in [4.69, 9.17) is 15.3 Å². The highest BCUT2D eigenvalue weighted by Crippen LogP contribution is 1.93. The topological polar surface area (TPSA) is 94.8 Å². The molecule has 1 atom stereocenters. The maximum absolute atomic E-state index is 9.72. The van der Waals surface area contributed by atoms with Crippen LogP contribution in [0.2, 0.25) is 0 Å². The van der Waals surface area contributed by atoms with Gasteiger partial charge in [0.1, 0.15) is 0 Å². The SMILES string of the molecule is C1=CCC=C1.C1=CCC=C1.O=C(O)CC(O)C(=O)O. The number of rotatable bonds is 3. The molecule has 104 valence electrons. The average Bonchev–Trinajstić information content (AvgIpc) is 3.07. The number of allylic oxidation sites excluding steroid dienone is 8. The van der Waals surface area contributed by atoms with E-state index in [-0.39, 0.29) is 0 Å². The molecule has 0 aromatic rings. The summed E-state index contributed by atoms with van der Waals surface area (Å²) >= 11 is 0. The summed E-state index contributed by atoms with van der Waals surface area (Å²) < 4.78 is 0. The van der Waals surface area contributed by atoms with Crippen LogP contribution in [-0.2, 0) is 9.59 Å². The first-order valence-corrected chi connectivity index (χ1v) is 5.80. The quantitative estimate of drug-likeness (QED) is 0.725.